The Morgan fingerprint density at radius 2 is 1.89 bits per heavy atom. The fourth-order valence-electron chi connectivity index (χ4n) is 2.80. The van der Waals surface area contributed by atoms with Crippen molar-refractivity contribution in [1.82, 2.24) is 9.29 Å². The highest BCUT2D eigenvalue weighted by Crippen LogP contribution is 2.29. The molecule has 27 heavy (non-hydrogen) atoms. The van der Waals surface area contributed by atoms with Gasteiger partial charge in [0.1, 0.15) is 16.4 Å². The second-order valence-electron chi connectivity index (χ2n) is 6.12. The van der Waals surface area contributed by atoms with Crippen LogP contribution >= 0.6 is 0 Å². The molecule has 1 fully saturated rings. The Kier molecular flexibility index (Phi) is 5.38. The molecule has 5 nitrogen and oxygen atoms in total. The van der Waals surface area contributed by atoms with E-state index in [1.807, 2.05) is 0 Å². The monoisotopic (exact) mass is 404 g/mol. The van der Waals surface area contributed by atoms with E-state index in [0.717, 1.165) is 16.4 Å². The number of benzene rings is 1. The molecule has 0 saturated carbocycles. The van der Waals surface area contributed by atoms with Gasteiger partial charge in [-0.2, -0.15) is 17.5 Å². The molecule has 1 aliphatic heterocycles. The third kappa shape index (κ3) is 4.38. The Bertz CT molecular complexity index is 918. The maximum atomic E-state index is 13.8. The smallest absolute Gasteiger partial charge is 0.433 e. The number of hydrogen-bond acceptors (Lipinski definition) is 4. The first-order chi connectivity index (χ1) is 12.7. The lowest BCUT2D eigenvalue weighted by Gasteiger charge is -2.17. The zero-order valence-corrected chi connectivity index (χ0v) is 14.8. The van der Waals surface area contributed by atoms with Crippen LogP contribution in [0.15, 0.2) is 47.4 Å². The fourth-order valence-corrected chi connectivity index (χ4v) is 4.40. The molecular weight excluding hydrogens is 388 g/mol. The van der Waals surface area contributed by atoms with Gasteiger partial charge in [-0.05, 0) is 24.6 Å². The molecular formula is C17H16F4N2O3S. The second kappa shape index (κ2) is 7.43. The highest BCUT2D eigenvalue weighted by molar-refractivity contribution is 7.89. The van der Waals surface area contributed by atoms with E-state index in [0.29, 0.717) is 6.42 Å². The van der Waals surface area contributed by atoms with Gasteiger partial charge >= 0.3 is 6.18 Å². The summed E-state index contributed by atoms with van der Waals surface area (Å²) in [5, 5.41) is 0. The van der Waals surface area contributed by atoms with Crippen molar-refractivity contribution in [2.24, 2.45) is 5.92 Å². The molecule has 1 unspecified atom stereocenters. The van der Waals surface area contributed by atoms with Gasteiger partial charge in [0.05, 0.1) is 6.61 Å². The number of alkyl halides is 3. The minimum Gasteiger partial charge on any atom is -0.477 e. The van der Waals surface area contributed by atoms with Crippen LogP contribution in [-0.2, 0) is 16.2 Å². The molecule has 1 aliphatic rings. The van der Waals surface area contributed by atoms with E-state index in [9.17, 15) is 26.0 Å². The molecule has 0 spiro atoms. The largest absolute Gasteiger partial charge is 0.477 e. The van der Waals surface area contributed by atoms with Gasteiger partial charge in [0, 0.05) is 25.1 Å². The highest BCUT2D eigenvalue weighted by Gasteiger charge is 2.35. The summed E-state index contributed by atoms with van der Waals surface area (Å²) in [6, 6.07) is 8.44. The predicted octanol–water partition coefficient (Wildman–Crippen LogP) is 3.33. The van der Waals surface area contributed by atoms with Crippen LogP contribution in [0.5, 0.6) is 5.88 Å². The molecule has 0 N–H and O–H groups in total. The molecule has 1 saturated heterocycles. The normalized spacial score (nSPS) is 18.6. The van der Waals surface area contributed by atoms with E-state index in [-0.39, 0.29) is 31.5 Å². The van der Waals surface area contributed by atoms with Crippen molar-refractivity contribution in [1.29, 1.82) is 0 Å². The number of nitrogens with zero attached hydrogens (tertiary/aromatic N) is 2. The Hall–Kier alpha value is -2.20. The topological polar surface area (TPSA) is 59.5 Å². The summed E-state index contributed by atoms with van der Waals surface area (Å²) in [4.78, 5) is 3.01. The first kappa shape index (κ1) is 19.6. The lowest BCUT2D eigenvalue weighted by molar-refractivity contribution is -0.141. The van der Waals surface area contributed by atoms with Crippen LogP contribution in [0.3, 0.4) is 0 Å². The maximum absolute atomic E-state index is 13.8. The third-order valence-corrected chi connectivity index (χ3v) is 6.08. The summed E-state index contributed by atoms with van der Waals surface area (Å²) in [5.41, 5.74) is -1.06. The SMILES string of the molecule is O=S(=O)(c1ccccc1F)N1CCC(COc2cccc(C(F)(F)F)n2)C1. The summed E-state index contributed by atoms with van der Waals surface area (Å²) in [6.07, 6.45) is -4.12. The predicted molar refractivity (Wildman–Crippen MR) is 88.0 cm³/mol. The molecule has 2 heterocycles. The van der Waals surface area contributed by atoms with Crippen LogP contribution in [0.25, 0.3) is 0 Å². The third-order valence-electron chi connectivity index (χ3n) is 4.18. The van der Waals surface area contributed by atoms with Crippen molar-refractivity contribution in [2.45, 2.75) is 17.5 Å². The summed E-state index contributed by atoms with van der Waals surface area (Å²) in [5.74, 6) is -1.24. The molecule has 10 heteroatoms. The summed E-state index contributed by atoms with van der Waals surface area (Å²) in [7, 11) is -3.97. The molecule has 1 atom stereocenters. The van der Waals surface area contributed by atoms with E-state index < -0.39 is 32.6 Å². The van der Waals surface area contributed by atoms with Gasteiger partial charge in [0.15, 0.2) is 0 Å². The van der Waals surface area contributed by atoms with Crippen LogP contribution in [0.4, 0.5) is 17.6 Å². The fraction of sp³-hybridized carbons (Fsp3) is 0.353. The number of ether oxygens (including phenoxy) is 1. The van der Waals surface area contributed by atoms with Crippen molar-refractivity contribution in [3.05, 3.63) is 54.0 Å². The highest BCUT2D eigenvalue weighted by atomic mass is 32.2. The minimum atomic E-state index is -4.57. The van der Waals surface area contributed by atoms with Crippen molar-refractivity contribution in [3.8, 4) is 5.88 Å². The number of rotatable bonds is 5. The standard InChI is InChI=1S/C17H16F4N2O3S/c18-13-4-1-2-5-14(13)27(24,25)23-9-8-12(10-23)11-26-16-7-3-6-15(22-16)17(19,20)21/h1-7,12H,8-11H2. The Morgan fingerprint density at radius 3 is 2.59 bits per heavy atom. The molecule has 1 aromatic carbocycles. The van der Waals surface area contributed by atoms with Gasteiger partial charge in [-0.15, -0.1) is 0 Å². The number of sulfonamides is 1. The summed E-state index contributed by atoms with van der Waals surface area (Å²) in [6.45, 7) is 0.286. The molecule has 3 rings (SSSR count). The molecule has 0 aliphatic carbocycles. The van der Waals surface area contributed by atoms with Crippen LogP contribution in [0.1, 0.15) is 12.1 Å². The number of hydrogen-bond donors (Lipinski definition) is 0. The first-order valence-corrected chi connectivity index (χ1v) is 9.53. The molecule has 0 amide bonds. The van der Waals surface area contributed by atoms with Crippen LogP contribution < -0.4 is 4.74 Å². The van der Waals surface area contributed by atoms with E-state index in [1.165, 1.54) is 30.3 Å². The van der Waals surface area contributed by atoms with Crippen molar-refractivity contribution in [3.63, 3.8) is 0 Å². The average Bonchev–Trinajstić information content (AvgIpc) is 3.10. The van der Waals surface area contributed by atoms with Gasteiger partial charge < -0.3 is 4.74 Å². The molecule has 146 valence electrons. The van der Waals surface area contributed by atoms with Crippen molar-refractivity contribution >= 4 is 10.0 Å². The van der Waals surface area contributed by atoms with Gasteiger partial charge in [-0.25, -0.2) is 17.8 Å². The lowest BCUT2D eigenvalue weighted by Crippen LogP contribution is -2.30. The zero-order valence-electron chi connectivity index (χ0n) is 14.0. The summed E-state index contributed by atoms with van der Waals surface area (Å²) >= 11 is 0. The Morgan fingerprint density at radius 1 is 1.15 bits per heavy atom. The molecule has 0 radical (unpaired) electrons. The van der Waals surface area contributed by atoms with Crippen LogP contribution in [0.2, 0.25) is 0 Å². The van der Waals surface area contributed by atoms with Gasteiger partial charge in [0.25, 0.3) is 0 Å². The second-order valence-corrected chi connectivity index (χ2v) is 8.02. The molecule has 2 aromatic rings. The zero-order chi connectivity index (χ0) is 19.7. The number of halogens is 4. The van der Waals surface area contributed by atoms with Gasteiger partial charge in [-0.1, -0.05) is 18.2 Å². The van der Waals surface area contributed by atoms with E-state index in [1.54, 1.807) is 0 Å². The Balaban J connectivity index is 1.63. The first-order valence-electron chi connectivity index (χ1n) is 8.09. The summed E-state index contributed by atoms with van der Waals surface area (Å²) < 4.78 is 83.3. The van der Waals surface area contributed by atoms with Crippen molar-refractivity contribution < 1.29 is 30.7 Å². The van der Waals surface area contributed by atoms with Crippen molar-refractivity contribution in [2.75, 3.05) is 19.7 Å². The maximum Gasteiger partial charge on any atom is 0.433 e. The quantitative estimate of drug-likeness (QED) is 0.718. The van der Waals surface area contributed by atoms with E-state index in [2.05, 4.69) is 4.98 Å². The minimum absolute atomic E-state index is 0.0115. The molecule has 0 bridgehead atoms. The van der Waals surface area contributed by atoms with Crippen LogP contribution in [-0.4, -0.2) is 37.4 Å². The average molecular weight is 404 g/mol. The number of aromatic nitrogens is 1. The Labute approximate surface area is 153 Å². The lowest BCUT2D eigenvalue weighted by atomic mass is 10.1. The number of pyridine rings is 1. The van der Waals surface area contributed by atoms with Gasteiger partial charge in [-0.3, -0.25) is 0 Å². The van der Waals surface area contributed by atoms with E-state index >= 15 is 0 Å². The van der Waals surface area contributed by atoms with Crippen LogP contribution in [0, 0.1) is 11.7 Å². The molecule has 1 aromatic heterocycles. The van der Waals surface area contributed by atoms with Gasteiger partial charge in [0.2, 0.25) is 15.9 Å². The van der Waals surface area contributed by atoms with E-state index in [4.69, 9.17) is 4.74 Å².